The SMILES string of the molecule is COc1cccc(C)c1CCC(=O)c1cc([C@@H]2CCCC[C@H]2COc2cc3cn[nH]c3cc2F)ccc1F. The number of fused-ring (bicyclic) bond motifs is 1. The van der Waals surface area contributed by atoms with Gasteiger partial charge in [-0.15, -0.1) is 0 Å². The second-order valence-corrected chi connectivity index (χ2v) is 10.1. The first-order valence-corrected chi connectivity index (χ1v) is 13.1. The summed E-state index contributed by atoms with van der Waals surface area (Å²) in [6.45, 7) is 2.33. The molecule has 1 heterocycles. The maximum Gasteiger partial charge on any atom is 0.167 e. The number of hydrogen-bond donors (Lipinski definition) is 1. The Bertz CT molecular complexity index is 1450. The molecule has 7 heteroatoms. The van der Waals surface area contributed by atoms with Crippen LogP contribution in [-0.4, -0.2) is 29.7 Å². The summed E-state index contributed by atoms with van der Waals surface area (Å²) >= 11 is 0. The number of H-pyrrole nitrogens is 1. The standard InChI is InChI=1S/C31H32F2N2O3/c1-19-6-5-9-30(37-2)23(19)11-13-29(36)25-14-20(10-12-26(25)32)24-8-4-3-7-21(24)18-38-31-15-22-17-34-35-28(22)16-27(31)33/h5-6,9-10,12,14-17,21,24H,3-4,7-8,11,13,18H2,1-2H3,(H,34,35)/t21-,24-/m0/s1. The van der Waals surface area contributed by atoms with Crippen molar-refractivity contribution in [3.8, 4) is 11.5 Å². The molecule has 5 nitrogen and oxygen atoms in total. The molecule has 0 bridgehead atoms. The molecule has 0 spiro atoms. The van der Waals surface area contributed by atoms with Gasteiger partial charge in [-0.2, -0.15) is 5.10 Å². The number of aromatic amines is 1. The van der Waals surface area contributed by atoms with E-state index in [0.29, 0.717) is 18.5 Å². The molecule has 1 aromatic heterocycles. The molecule has 5 rings (SSSR count). The first kappa shape index (κ1) is 25.9. The van der Waals surface area contributed by atoms with Crippen molar-refractivity contribution in [1.82, 2.24) is 10.2 Å². The highest BCUT2D eigenvalue weighted by Gasteiger charge is 2.29. The molecular weight excluding hydrogens is 486 g/mol. The van der Waals surface area contributed by atoms with Gasteiger partial charge in [0.2, 0.25) is 0 Å². The highest BCUT2D eigenvalue weighted by atomic mass is 19.1. The second-order valence-electron chi connectivity index (χ2n) is 10.1. The van der Waals surface area contributed by atoms with E-state index in [9.17, 15) is 13.6 Å². The number of hydrogen-bond acceptors (Lipinski definition) is 4. The molecule has 1 fully saturated rings. The summed E-state index contributed by atoms with van der Waals surface area (Å²) < 4.78 is 40.8. The summed E-state index contributed by atoms with van der Waals surface area (Å²) in [5.41, 5.74) is 3.68. The summed E-state index contributed by atoms with van der Waals surface area (Å²) in [6.07, 6.45) is 6.24. The van der Waals surface area contributed by atoms with E-state index in [2.05, 4.69) is 10.2 Å². The Hall–Kier alpha value is -3.74. The minimum Gasteiger partial charge on any atom is -0.496 e. The summed E-state index contributed by atoms with van der Waals surface area (Å²) in [7, 11) is 1.61. The van der Waals surface area contributed by atoms with Gasteiger partial charge in [0.15, 0.2) is 17.3 Å². The lowest BCUT2D eigenvalue weighted by molar-refractivity contribution is 0.0978. The largest absolute Gasteiger partial charge is 0.496 e. The van der Waals surface area contributed by atoms with Crippen molar-refractivity contribution in [2.45, 2.75) is 51.4 Å². The predicted octanol–water partition coefficient (Wildman–Crippen LogP) is 7.33. The highest BCUT2D eigenvalue weighted by molar-refractivity contribution is 5.96. The van der Waals surface area contributed by atoms with Crippen molar-refractivity contribution in [3.63, 3.8) is 0 Å². The molecule has 0 radical (unpaired) electrons. The molecule has 198 valence electrons. The minimum absolute atomic E-state index is 0.105. The minimum atomic E-state index is -0.505. The Morgan fingerprint density at radius 3 is 2.74 bits per heavy atom. The van der Waals surface area contributed by atoms with E-state index in [4.69, 9.17) is 9.47 Å². The van der Waals surface area contributed by atoms with Crippen molar-refractivity contribution >= 4 is 16.7 Å². The molecule has 0 unspecified atom stereocenters. The molecule has 1 N–H and O–H groups in total. The maximum atomic E-state index is 14.8. The zero-order valence-electron chi connectivity index (χ0n) is 21.7. The van der Waals surface area contributed by atoms with E-state index in [1.807, 2.05) is 25.1 Å². The van der Waals surface area contributed by atoms with Crippen LogP contribution in [0.1, 0.15) is 65.1 Å². The van der Waals surface area contributed by atoms with E-state index in [1.54, 1.807) is 31.5 Å². The monoisotopic (exact) mass is 518 g/mol. The van der Waals surface area contributed by atoms with Crippen LogP contribution in [0.25, 0.3) is 10.9 Å². The third-order valence-electron chi connectivity index (χ3n) is 7.76. The van der Waals surface area contributed by atoms with Gasteiger partial charge in [-0.05, 0) is 79.0 Å². The van der Waals surface area contributed by atoms with Crippen molar-refractivity contribution in [3.05, 3.63) is 88.6 Å². The molecular formula is C31H32F2N2O3. The summed E-state index contributed by atoms with van der Waals surface area (Å²) in [6, 6.07) is 13.7. The molecule has 4 aromatic rings. The Kier molecular flexibility index (Phi) is 7.72. The fraction of sp³-hybridized carbons (Fsp3) is 0.355. The molecule has 1 aliphatic rings. The zero-order chi connectivity index (χ0) is 26.6. The Balaban J connectivity index is 1.31. The van der Waals surface area contributed by atoms with Gasteiger partial charge in [0, 0.05) is 17.9 Å². The van der Waals surface area contributed by atoms with Gasteiger partial charge in [-0.1, -0.05) is 31.0 Å². The lowest BCUT2D eigenvalue weighted by atomic mass is 9.75. The molecule has 38 heavy (non-hydrogen) atoms. The Morgan fingerprint density at radius 2 is 1.89 bits per heavy atom. The normalized spacial score (nSPS) is 17.5. The lowest BCUT2D eigenvalue weighted by Crippen LogP contribution is -2.24. The fourth-order valence-corrected chi connectivity index (χ4v) is 5.64. The predicted molar refractivity (Wildman–Crippen MR) is 143 cm³/mol. The van der Waals surface area contributed by atoms with Gasteiger partial charge in [-0.25, -0.2) is 8.78 Å². The van der Waals surface area contributed by atoms with Crippen LogP contribution in [0.2, 0.25) is 0 Å². The van der Waals surface area contributed by atoms with Crippen LogP contribution in [-0.2, 0) is 6.42 Å². The zero-order valence-corrected chi connectivity index (χ0v) is 21.7. The maximum absolute atomic E-state index is 14.8. The van der Waals surface area contributed by atoms with Gasteiger partial charge in [0.1, 0.15) is 11.6 Å². The number of carbonyl (C=O) groups is 1. The number of nitrogens with one attached hydrogen (secondary N) is 1. The van der Waals surface area contributed by atoms with Gasteiger partial charge < -0.3 is 9.47 Å². The van der Waals surface area contributed by atoms with E-state index in [0.717, 1.165) is 53.5 Å². The first-order chi connectivity index (χ1) is 18.4. The van der Waals surface area contributed by atoms with Crippen LogP contribution in [0.3, 0.4) is 0 Å². The lowest BCUT2D eigenvalue weighted by Gasteiger charge is -2.32. The van der Waals surface area contributed by atoms with E-state index >= 15 is 0 Å². The quantitative estimate of drug-likeness (QED) is 0.236. The Labute approximate surface area is 221 Å². The number of nitrogens with zero attached hydrogens (tertiary/aromatic N) is 1. The van der Waals surface area contributed by atoms with Gasteiger partial charge >= 0.3 is 0 Å². The van der Waals surface area contributed by atoms with Gasteiger partial charge in [-0.3, -0.25) is 9.89 Å². The van der Waals surface area contributed by atoms with E-state index in [1.165, 1.54) is 12.1 Å². The van der Waals surface area contributed by atoms with Gasteiger partial charge in [0.25, 0.3) is 0 Å². The van der Waals surface area contributed by atoms with E-state index < -0.39 is 11.6 Å². The van der Waals surface area contributed by atoms with Crippen LogP contribution in [0.4, 0.5) is 8.78 Å². The summed E-state index contributed by atoms with van der Waals surface area (Å²) in [4.78, 5) is 13.1. The van der Waals surface area contributed by atoms with Crippen molar-refractivity contribution in [2.75, 3.05) is 13.7 Å². The fourth-order valence-electron chi connectivity index (χ4n) is 5.64. The number of ketones is 1. The molecule has 1 saturated carbocycles. The molecule has 0 aliphatic heterocycles. The molecule has 0 saturated heterocycles. The van der Waals surface area contributed by atoms with Crippen LogP contribution in [0.15, 0.2) is 54.7 Å². The van der Waals surface area contributed by atoms with Crippen LogP contribution >= 0.6 is 0 Å². The Morgan fingerprint density at radius 1 is 1.05 bits per heavy atom. The average molecular weight is 519 g/mol. The first-order valence-electron chi connectivity index (χ1n) is 13.1. The third kappa shape index (κ3) is 5.42. The molecule has 2 atom stereocenters. The van der Waals surface area contributed by atoms with E-state index in [-0.39, 0.29) is 35.4 Å². The van der Waals surface area contributed by atoms with Crippen molar-refractivity contribution < 1.29 is 23.0 Å². The number of aromatic nitrogens is 2. The van der Waals surface area contributed by atoms with Crippen molar-refractivity contribution in [2.24, 2.45) is 5.92 Å². The summed E-state index contributed by atoms with van der Waals surface area (Å²) in [5, 5.41) is 7.49. The van der Waals surface area contributed by atoms with Crippen LogP contribution < -0.4 is 9.47 Å². The number of methoxy groups -OCH3 is 1. The topological polar surface area (TPSA) is 64.2 Å². The number of ether oxygens (including phenoxy) is 2. The second kappa shape index (κ2) is 11.3. The molecule has 3 aromatic carbocycles. The highest BCUT2D eigenvalue weighted by Crippen LogP contribution is 2.39. The number of carbonyl (C=O) groups excluding carboxylic acids is 1. The van der Waals surface area contributed by atoms with Crippen LogP contribution in [0.5, 0.6) is 11.5 Å². The van der Waals surface area contributed by atoms with Gasteiger partial charge in [0.05, 0.1) is 31.0 Å². The third-order valence-corrected chi connectivity index (χ3v) is 7.76. The average Bonchev–Trinajstić information content (AvgIpc) is 3.38. The number of Topliss-reactive ketones (excluding diaryl/α,β-unsaturated/α-hetero) is 1. The number of aryl methyl sites for hydroxylation is 1. The number of benzene rings is 3. The van der Waals surface area contributed by atoms with Crippen LogP contribution in [0, 0.1) is 24.5 Å². The molecule has 1 aliphatic carbocycles. The number of rotatable bonds is 9. The smallest absolute Gasteiger partial charge is 0.167 e. The summed E-state index contributed by atoms with van der Waals surface area (Å²) in [5.74, 6) is 0.00331. The van der Waals surface area contributed by atoms with Crippen molar-refractivity contribution in [1.29, 1.82) is 0 Å². The number of halogens is 2. The molecule has 0 amide bonds.